The number of nitrogens with zero attached hydrogens (tertiary/aromatic N) is 1. The maximum Gasteiger partial charge on any atom is 0.120 e. The summed E-state index contributed by atoms with van der Waals surface area (Å²) in [6.07, 6.45) is 8.62. The molecule has 3 rings (SSSR count). The smallest absolute Gasteiger partial charge is 0.120 e. The highest BCUT2D eigenvalue weighted by Gasteiger charge is 2.01. The second kappa shape index (κ2) is 8.03. The fraction of sp³-hybridized carbons (Fsp3) is 0.190. The number of hydrogen-bond acceptors (Lipinski definition) is 3. The van der Waals surface area contributed by atoms with Crippen LogP contribution in [0.25, 0.3) is 10.9 Å². The lowest BCUT2D eigenvalue weighted by Gasteiger charge is -2.09. The van der Waals surface area contributed by atoms with Crippen molar-refractivity contribution in [2.75, 3.05) is 6.61 Å². The maximum atomic E-state index is 5.89. The van der Waals surface area contributed by atoms with Gasteiger partial charge < -0.3 is 9.47 Å². The van der Waals surface area contributed by atoms with Crippen LogP contribution >= 0.6 is 0 Å². The Morgan fingerprint density at radius 1 is 0.958 bits per heavy atom. The molecule has 0 spiro atoms. The average molecular weight is 317 g/mol. The van der Waals surface area contributed by atoms with Crippen molar-refractivity contribution in [2.24, 2.45) is 0 Å². The molecule has 0 bridgehead atoms. The fourth-order valence-corrected chi connectivity index (χ4v) is 2.40. The van der Waals surface area contributed by atoms with Crippen LogP contribution in [-0.4, -0.2) is 11.6 Å². The number of pyridine rings is 1. The number of terminal acetylenes is 1. The molecule has 0 unspecified atom stereocenters. The molecule has 0 radical (unpaired) electrons. The second-order valence-corrected chi connectivity index (χ2v) is 5.45. The first-order chi connectivity index (χ1) is 11.8. The quantitative estimate of drug-likeness (QED) is 0.471. The summed E-state index contributed by atoms with van der Waals surface area (Å²) < 4.78 is 11.6. The van der Waals surface area contributed by atoms with Crippen molar-refractivity contribution in [3.05, 3.63) is 66.4 Å². The highest BCUT2D eigenvalue weighted by molar-refractivity contribution is 5.79. The molecule has 0 atom stereocenters. The standard InChI is InChI=1S/C21H19NO2/c1-2-3-4-13-23-19-9-5-7-17(14-19)16-24-20-10-11-21-18(15-20)8-6-12-22-21/h1,5-12,14-15H,3-4,13,16H2. The zero-order valence-corrected chi connectivity index (χ0v) is 13.4. The minimum absolute atomic E-state index is 0.493. The summed E-state index contributed by atoms with van der Waals surface area (Å²) in [7, 11) is 0. The molecule has 0 saturated heterocycles. The Morgan fingerprint density at radius 2 is 1.88 bits per heavy atom. The summed E-state index contributed by atoms with van der Waals surface area (Å²) >= 11 is 0. The molecule has 0 aliphatic carbocycles. The van der Waals surface area contributed by atoms with Crippen LogP contribution in [0.3, 0.4) is 0 Å². The van der Waals surface area contributed by atoms with E-state index >= 15 is 0 Å². The van der Waals surface area contributed by atoms with Crippen LogP contribution in [-0.2, 0) is 6.61 Å². The number of rotatable bonds is 7. The lowest BCUT2D eigenvalue weighted by molar-refractivity contribution is 0.299. The van der Waals surface area contributed by atoms with Gasteiger partial charge in [-0.15, -0.1) is 12.3 Å². The second-order valence-electron chi connectivity index (χ2n) is 5.45. The molecule has 2 aromatic carbocycles. The Morgan fingerprint density at radius 3 is 2.79 bits per heavy atom. The maximum absolute atomic E-state index is 5.89. The topological polar surface area (TPSA) is 31.4 Å². The van der Waals surface area contributed by atoms with Gasteiger partial charge in [-0.25, -0.2) is 0 Å². The van der Waals surface area contributed by atoms with E-state index in [9.17, 15) is 0 Å². The highest BCUT2D eigenvalue weighted by Crippen LogP contribution is 2.21. The molecule has 3 heteroatoms. The number of ether oxygens (including phenoxy) is 2. The number of aromatic nitrogens is 1. The van der Waals surface area contributed by atoms with Gasteiger partial charge in [-0.2, -0.15) is 0 Å². The van der Waals surface area contributed by atoms with Crippen molar-refractivity contribution in [3.8, 4) is 23.8 Å². The lowest BCUT2D eigenvalue weighted by atomic mass is 10.2. The first-order valence-electron chi connectivity index (χ1n) is 7.98. The molecule has 0 amide bonds. The first-order valence-corrected chi connectivity index (χ1v) is 7.98. The van der Waals surface area contributed by atoms with E-state index in [4.69, 9.17) is 15.9 Å². The van der Waals surface area contributed by atoms with Crippen molar-refractivity contribution < 1.29 is 9.47 Å². The monoisotopic (exact) mass is 317 g/mol. The molecule has 3 nitrogen and oxygen atoms in total. The summed E-state index contributed by atoms with van der Waals surface area (Å²) in [5, 5.41) is 1.07. The first kappa shape index (κ1) is 15.9. The zero-order chi connectivity index (χ0) is 16.6. The Labute approximate surface area is 142 Å². The van der Waals surface area contributed by atoms with Crippen LogP contribution in [0.15, 0.2) is 60.8 Å². The van der Waals surface area contributed by atoms with Gasteiger partial charge in [-0.1, -0.05) is 18.2 Å². The predicted molar refractivity (Wildman–Crippen MR) is 96.1 cm³/mol. The van der Waals surface area contributed by atoms with E-state index in [1.54, 1.807) is 6.20 Å². The average Bonchev–Trinajstić information content (AvgIpc) is 2.64. The van der Waals surface area contributed by atoms with E-state index < -0.39 is 0 Å². The molecule has 24 heavy (non-hydrogen) atoms. The molecule has 1 aromatic heterocycles. The Balaban J connectivity index is 1.60. The van der Waals surface area contributed by atoms with Crippen molar-refractivity contribution in [3.63, 3.8) is 0 Å². The van der Waals surface area contributed by atoms with Gasteiger partial charge in [0.15, 0.2) is 0 Å². The van der Waals surface area contributed by atoms with Gasteiger partial charge in [-0.3, -0.25) is 4.98 Å². The van der Waals surface area contributed by atoms with Gasteiger partial charge in [0, 0.05) is 18.0 Å². The normalized spacial score (nSPS) is 10.3. The largest absolute Gasteiger partial charge is 0.494 e. The van der Waals surface area contributed by atoms with Crippen LogP contribution < -0.4 is 9.47 Å². The lowest BCUT2D eigenvalue weighted by Crippen LogP contribution is -1.99. The molecule has 0 aliphatic heterocycles. The molecule has 0 N–H and O–H groups in total. The third-order valence-corrected chi connectivity index (χ3v) is 3.61. The number of fused-ring (bicyclic) bond motifs is 1. The van der Waals surface area contributed by atoms with Crippen molar-refractivity contribution >= 4 is 10.9 Å². The Bertz CT molecular complexity index is 852. The van der Waals surface area contributed by atoms with Crippen LogP contribution in [0.1, 0.15) is 18.4 Å². The van der Waals surface area contributed by atoms with E-state index in [-0.39, 0.29) is 0 Å². The molecule has 0 aliphatic rings. The van der Waals surface area contributed by atoms with Crippen LogP contribution in [0, 0.1) is 12.3 Å². The minimum atomic E-state index is 0.493. The van der Waals surface area contributed by atoms with E-state index in [0.29, 0.717) is 13.2 Å². The Hall–Kier alpha value is -2.99. The van der Waals surface area contributed by atoms with Gasteiger partial charge in [-0.05, 0) is 48.4 Å². The summed E-state index contributed by atoms with van der Waals surface area (Å²) in [4.78, 5) is 4.31. The molecular weight excluding hydrogens is 298 g/mol. The third kappa shape index (κ3) is 4.27. The van der Waals surface area contributed by atoms with Crippen LogP contribution in [0.5, 0.6) is 11.5 Å². The molecule has 120 valence electrons. The van der Waals surface area contributed by atoms with Gasteiger partial charge >= 0.3 is 0 Å². The fourth-order valence-electron chi connectivity index (χ4n) is 2.40. The number of benzene rings is 2. The molecular formula is C21H19NO2. The van der Waals surface area contributed by atoms with Crippen molar-refractivity contribution in [1.29, 1.82) is 0 Å². The number of hydrogen-bond donors (Lipinski definition) is 0. The minimum Gasteiger partial charge on any atom is -0.494 e. The summed E-state index contributed by atoms with van der Waals surface area (Å²) in [5.41, 5.74) is 2.03. The van der Waals surface area contributed by atoms with Crippen molar-refractivity contribution in [1.82, 2.24) is 4.98 Å². The van der Waals surface area contributed by atoms with E-state index in [2.05, 4.69) is 10.9 Å². The number of unbranched alkanes of at least 4 members (excludes halogenated alkanes) is 1. The summed E-state index contributed by atoms with van der Waals surface area (Å²) in [5.74, 6) is 4.28. The van der Waals surface area contributed by atoms with Gasteiger partial charge in [0.2, 0.25) is 0 Å². The van der Waals surface area contributed by atoms with Crippen LogP contribution in [0.2, 0.25) is 0 Å². The molecule has 0 saturated carbocycles. The van der Waals surface area contributed by atoms with Gasteiger partial charge in [0.1, 0.15) is 18.1 Å². The molecule has 1 heterocycles. The summed E-state index contributed by atoms with van der Waals surface area (Å²) in [6.45, 7) is 1.12. The summed E-state index contributed by atoms with van der Waals surface area (Å²) in [6, 6.07) is 17.8. The van der Waals surface area contributed by atoms with Crippen LogP contribution in [0.4, 0.5) is 0 Å². The Kier molecular flexibility index (Phi) is 5.32. The van der Waals surface area contributed by atoms with E-state index in [0.717, 1.165) is 40.8 Å². The zero-order valence-electron chi connectivity index (χ0n) is 13.4. The van der Waals surface area contributed by atoms with Gasteiger partial charge in [0.25, 0.3) is 0 Å². The highest BCUT2D eigenvalue weighted by atomic mass is 16.5. The molecule has 3 aromatic rings. The predicted octanol–water partition coefficient (Wildman–Crippen LogP) is 4.61. The van der Waals surface area contributed by atoms with E-state index in [1.807, 2.05) is 54.6 Å². The van der Waals surface area contributed by atoms with Crippen molar-refractivity contribution in [2.45, 2.75) is 19.4 Å². The molecule has 0 fully saturated rings. The van der Waals surface area contributed by atoms with Gasteiger partial charge in [0.05, 0.1) is 12.1 Å². The van der Waals surface area contributed by atoms with E-state index in [1.165, 1.54) is 0 Å². The SMILES string of the molecule is C#CCCCOc1cccc(COc2ccc3ncccc3c2)c1. The third-order valence-electron chi connectivity index (χ3n) is 3.61.